The zero-order valence-corrected chi connectivity index (χ0v) is 18.8. The quantitative estimate of drug-likeness (QED) is 0.438. The van der Waals surface area contributed by atoms with Crippen LogP contribution in [0.15, 0.2) is 60.8 Å². The summed E-state index contributed by atoms with van der Waals surface area (Å²) in [5, 5.41) is 18.0. The van der Waals surface area contributed by atoms with Crippen molar-refractivity contribution in [1.82, 2.24) is 14.7 Å². The molecule has 2 amide bonds. The molecule has 1 heterocycles. The van der Waals surface area contributed by atoms with Crippen LogP contribution in [0.5, 0.6) is 0 Å². The molecule has 3 aromatic rings. The van der Waals surface area contributed by atoms with Crippen LogP contribution in [-0.4, -0.2) is 44.3 Å². The Kier molecular flexibility index (Phi) is 6.76. The Balaban J connectivity index is 1.67. The van der Waals surface area contributed by atoms with Crippen molar-refractivity contribution in [3.05, 3.63) is 82.2 Å². The van der Waals surface area contributed by atoms with Crippen LogP contribution >= 0.6 is 0 Å². The standard InChI is InChI=1S/C23H25N5O5/c1-23(2,3)33-22(30)26(4)15-16-7-5-8-17(13-16)24-21(29)20-11-12-27(25-20)18-9-6-10-19(14-18)28(31)32/h5-14H,15H2,1-4H3,(H,24,29). The number of hydrogen-bond acceptors (Lipinski definition) is 6. The molecule has 0 atom stereocenters. The number of non-ortho nitro benzene ring substituents is 1. The maximum Gasteiger partial charge on any atom is 0.410 e. The summed E-state index contributed by atoms with van der Waals surface area (Å²) >= 11 is 0. The number of anilines is 1. The van der Waals surface area contributed by atoms with E-state index in [0.29, 0.717) is 17.9 Å². The topological polar surface area (TPSA) is 120 Å². The number of nitrogens with zero attached hydrogens (tertiary/aromatic N) is 4. The summed E-state index contributed by atoms with van der Waals surface area (Å²) < 4.78 is 6.75. The van der Waals surface area contributed by atoms with Crippen LogP contribution in [0.3, 0.4) is 0 Å². The van der Waals surface area contributed by atoms with Gasteiger partial charge in [-0.15, -0.1) is 0 Å². The van der Waals surface area contributed by atoms with Crippen molar-refractivity contribution < 1.29 is 19.2 Å². The molecular weight excluding hydrogens is 426 g/mol. The van der Waals surface area contributed by atoms with Crippen LogP contribution in [-0.2, 0) is 11.3 Å². The van der Waals surface area contributed by atoms with Gasteiger partial charge < -0.3 is 15.0 Å². The van der Waals surface area contributed by atoms with Crippen LogP contribution in [0.25, 0.3) is 5.69 Å². The molecule has 0 aliphatic heterocycles. The number of benzene rings is 2. The van der Waals surface area contributed by atoms with Crippen LogP contribution in [0.1, 0.15) is 36.8 Å². The number of carbonyl (C=O) groups is 2. The van der Waals surface area contributed by atoms with E-state index in [1.165, 1.54) is 27.8 Å². The molecule has 172 valence electrons. The van der Waals surface area contributed by atoms with Gasteiger partial charge >= 0.3 is 6.09 Å². The molecular formula is C23H25N5O5. The number of nitro groups is 1. The molecule has 0 spiro atoms. The predicted molar refractivity (Wildman–Crippen MR) is 122 cm³/mol. The number of nitro benzene ring substituents is 1. The third-order valence-electron chi connectivity index (χ3n) is 4.44. The van der Waals surface area contributed by atoms with E-state index >= 15 is 0 Å². The summed E-state index contributed by atoms with van der Waals surface area (Å²) in [7, 11) is 1.64. The Labute approximate surface area is 190 Å². The summed E-state index contributed by atoms with van der Waals surface area (Å²) in [6, 6.07) is 14.6. The van der Waals surface area contributed by atoms with Crippen molar-refractivity contribution in [2.24, 2.45) is 0 Å². The van der Waals surface area contributed by atoms with Gasteiger partial charge in [-0.3, -0.25) is 14.9 Å². The zero-order chi connectivity index (χ0) is 24.2. The van der Waals surface area contributed by atoms with Crippen molar-refractivity contribution in [3.63, 3.8) is 0 Å². The Morgan fingerprint density at radius 3 is 2.58 bits per heavy atom. The second-order valence-corrected chi connectivity index (χ2v) is 8.41. The Morgan fingerprint density at radius 2 is 1.88 bits per heavy atom. The molecule has 10 heteroatoms. The largest absolute Gasteiger partial charge is 0.444 e. The molecule has 1 aromatic heterocycles. The normalized spacial score (nSPS) is 11.0. The number of ether oxygens (including phenoxy) is 1. The molecule has 0 saturated carbocycles. The van der Waals surface area contributed by atoms with Gasteiger partial charge in [-0.05, 0) is 50.6 Å². The second kappa shape index (κ2) is 9.51. The molecule has 0 fully saturated rings. The lowest BCUT2D eigenvalue weighted by Gasteiger charge is -2.24. The molecule has 0 aliphatic carbocycles. The number of amides is 2. The van der Waals surface area contributed by atoms with Gasteiger partial charge in [0, 0.05) is 37.6 Å². The summed E-state index contributed by atoms with van der Waals surface area (Å²) in [5.74, 6) is -0.433. The van der Waals surface area contributed by atoms with Crippen molar-refractivity contribution in [2.45, 2.75) is 32.9 Å². The van der Waals surface area contributed by atoms with Crippen molar-refractivity contribution in [1.29, 1.82) is 0 Å². The van der Waals surface area contributed by atoms with E-state index in [4.69, 9.17) is 4.74 Å². The van der Waals surface area contributed by atoms with Gasteiger partial charge in [0.1, 0.15) is 5.60 Å². The average Bonchev–Trinajstić information content (AvgIpc) is 3.23. The Bertz CT molecular complexity index is 1180. The van der Waals surface area contributed by atoms with Gasteiger partial charge in [0.25, 0.3) is 11.6 Å². The fourth-order valence-corrected chi connectivity index (χ4v) is 2.96. The third-order valence-corrected chi connectivity index (χ3v) is 4.44. The van der Waals surface area contributed by atoms with Gasteiger partial charge in [0.15, 0.2) is 5.69 Å². The third kappa shape index (κ3) is 6.39. The molecule has 0 unspecified atom stereocenters. The van der Waals surface area contributed by atoms with Gasteiger partial charge in [0.05, 0.1) is 10.6 Å². The summed E-state index contributed by atoms with van der Waals surface area (Å²) in [6.07, 6.45) is 1.11. The van der Waals surface area contributed by atoms with Crippen molar-refractivity contribution >= 4 is 23.4 Å². The number of rotatable bonds is 6. The molecule has 0 radical (unpaired) electrons. The molecule has 0 saturated heterocycles. The minimum Gasteiger partial charge on any atom is -0.444 e. The zero-order valence-electron chi connectivity index (χ0n) is 18.8. The maximum atomic E-state index is 12.7. The van der Waals surface area contributed by atoms with Gasteiger partial charge in [-0.1, -0.05) is 18.2 Å². The summed E-state index contributed by atoms with van der Waals surface area (Å²) in [6.45, 7) is 5.71. The van der Waals surface area contributed by atoms with E-state index in [9.17, 15) is 19.7 Å². The number of carbonyl (C=O) groups excluding carboxylic acids is 2. The fourth-order valence-electron chi connectivity index (χ4n) is 2.96. The first-order valence-corrected chi connectivity index (χ1v) is 10.2. The molecule has 10 nitrogen and oxygen atoms in total. The highest BCUT2D eigenvalue weighted by Gasteiger charge is 2.20. The van der Waals surface area contributed by atoms with Gasteiger partial charge in [-0.25, -0.2) is 9.48 Å². The lowest BCUT2D eigenvalue weighted by atomic mass is 10.2. The summed E-state index contributed by atoms with van der Waals surface area (Å²) in [4.78, 5) is 36.8. The second-order valence-electron chi connectivity index (χ2n) is 8.41. The highest BCUT2D eigenvalue weighted by molar-refractivity contribution is 6.02. The van der Waals surface area contributed by atoms with Crippen molar-refractivity contribution in [2.75, 3.05) is 12.4 Å². The first-order chi connectivity index (χ1) is 15.5. The number of aromatic nitrogens is 2. The number of hydrogen-bond donors (Lipinski definition) is 1. The smallest absolute Gasteiger partial charge is 0.410 e. The van der Waals surface area contributed by atoms with E-state index in [1.54, 1.807) is 64.3 Å². The Morgan fingerprint density at radius 1 is 1.15 bits per heavy atom. The first kappa shape index (κ1) is 23.5. The minimum absolute atomic E-state index is 0.0674. The average molecular weight is 451 g/mol. The van der Waals surface area contributed by atoms with Gasteiger partial charge in [-0.2, -0.15) is 5.10 Å². The fraction of sp³-hybridized carbons (Fsp3) is 0.261. The van der Waals surface area contributed by atoms with Crippen molar-refractivity contribution in [3.8, 4) is 5.69 Å². The molecule has 1 N–H and O–H groups in total. The first-order valence-electron chi connectivity index (χ1n) is 10.2. The van der Waals surface area contributed by atoms with Crippen LogP contribution < -0.4 is 5.32 Å². The molecule has 0 bridgehead atoms. The lowest BCUT2D eigenvalue weighted by Crippen LogP contribution is -2.33. The van der Waals surface area contributed by atoms with E-state index < -0.39 is 22.5 Å². The molecule has 3 rings (SSSR count). The predicted octanol–water partition coefficient (Wildman–Crippen LogP) is 4.40. The lowest BCUT2D eigenvalue weighted by molar-refractivity contribution is -0.384. The van der Waals surface area contributed by atoms with E-state index in [1.807, 2.05) is 6.07 Å². The van der Waals surface area contributed by atoms with E-state index in [-0.39, 0.29) is 11.4 Å². The van der Waals surface area contributed by atoms with Crippen LogP contribution in [0.4, 0.5) is 16.2 Å². The SMILES string of the molecule is CN(Cc1cccc(NC(=O)c2ccn(-c3cccc([N+](=O)[O-])c3)n2)c1)C(=O)OC(C)(C)C. The van der Waals surface area contributed by atoms with Gasteiger partial charge in [0.2, 0.25) is 0 Å². The van der Waals surface area contributed by atoms with Crippen LogP contribution in [0, 0.1) is 10.1 Å². The minimum atomic E-state index is -0.588. The molecule has 33 heavy (non-hydrogen) atoms. The highest BCUT2D eigenvalue weighted by atomic mass is 16.6. The Hall–Kier alpha value is -4.21. The highest BCUT2D eigenvalue weighted by Crippen LogP contribution is 2.18. The van der Waals surface area contributed by atoms with E-state index in [2.05, 4.69) is 10.4 Å². The molecule has 2 aromatic carbocycles. The van der Waals surface area contributed by atoms with Crippen LogP contribution in [0.2, 0.25) is 0 Å². The maximum absolute atomic E-state index is 12.7. The number of nitrogens with one attached hydrogen (secondary N) is 1. The summed E-state index contributed by atoms with van der Waals surface area (Å²) in [5.41, 5.74) is 1.31. The molecule has 0 aliphatic rings. The monoisotopic (exact) mass is 451 g/mol. The van der Waals surface area contributed by atoms with E-state index in [0.717, 1.165) is 5.56 Å².